The number of carbonyl (C=O) groups is 2. The van der Waals surface area contributed by atoms with Crippen LogP contribution in [0.4, 0.5) is 15.4 Å². The van der Waals surface area contributed by atoms with E-state index in [4.69, 9.17) is 25.8 Å². The van der Waals surface area contributed by atoms with E-state index in [-0.39, 0.29) is 12.2 Å². The molecule has 1 saturated heterocycles. The number of piperidine rings is 1. The second-order valence-electron chi connectivity index (χ2n) is 10.5. The molecule has 0 radical (unpaired) electrons. The van der Waals surface area contributed by atoms with Gasteiger partial charge in [0.1, 0.15) is 17.5 Å². The maximum absolute atomic E-state index is 12.5. The van der Waals surface area contributed by atoms with Gasteiger partial charge in [-0.2, -0.15) is 5.10 Å². The van der Waals surface area contributed by atoms with Crippen molar-refractivity contribution in [3.63, 3.8) is 0 Å². The second kappa shape index (κ2) is 11.9. The number of nitrogens with one attached hydrogen (secondary N) is 1. The SMILES string of the molecule is Cc1cc(NC(=O)OC2CCN(C(=O)OC(C)(C)C)CC2)nn1Cc1cc(Cl)ccc1OCC(C)C. The van der Waals surface area contributed by atoms with E-state index < -0.39 is 11.7 Å². The van der Waals surface area contributed by atoms with E-state index in [1.807, 2.05) is 39.8 Å². The molecule has 1 N–H and O–H groups in total. The van der Waals surface area contributed by atoms with Gasteiger partial charge >= 0.3 is 12.2 Å². The van der Waals surface area contributed by atoms with Gasteiger partial charge in [-0.1, -0.05) is 25.4 Å². The summed E-state index contributed by atoms with van der Waals surface area (Å²) in [6.07, 6.45) is -0.0933. The molecule has 10 heteroatoms. The molecular weight excluding hydrogens is 484 g/mol. The lowest BCUT2D eigenvalue weighted by Gasteiger charge is -2.33. The Morgan fingerprint density at radius 3 is 2.53 bits per heavy atom. The summed E-state index contributed by atoms with van der Waals surface area (Å²) < 4.78 is 18.7. The highest BCUT2D eigenvalue weighted by Crippen LogP contribution is 2.25. The largest absolute Gasteiger partial charge is 0.493 e. The van der Waals surface area contributed by atoms with Crippen LogP contribution in [0.2, 0.25) is 5.02 Å². The lowest BCUT2D eigenvalue weighted by molar-refractivity contribution is 0.00793. The molecule has 198 valence electrons. The number of anilines is 1. The standard InChI is InChI=1S/C26H37ClN4O5/c1-17(2)16-34-22-8-7-20(27)14-19(22)15-31-18(3)13-23(29-31)28-24(32)35-21-9-11-30(12-10-21)25(33)36-26(4,5)6/h7-8,13-14,17,21H,9-12,15-16H2,1-6H3,(H,28,29,32). The minimum absolute atomic E-state index is 0.279. The molecule has 3 rings (SSSR count). The molecule has 2 aromatic rings. The number of aryl methyl sites for hydroxylation is 1. The predicted molar refractivity (Wildman–Crippen MR) is 139 cm³/mol. The van der Waals surface area contributed by atoms with Crippen molar-refractivity contribution in [1.82, 2.24) is 14.7 Å². The van der Waals surface area contributed by atoms with Crippen LogP contribution < -0.4 is 10.1 Å². The Hall–Kier alpha value is -2.94. The second-order valence-corrected chi connectivity index (χ2v) is 10.9. The van der Waals surface area contributed by atoms with Gasteiger partial charge in [0.05, 0.1) is 13.2 Å². The van der Waals surface area contributed by atoms with Crippen molar-refractivity contribution in [1.29, 1.82) is 0 Å². The summed E-state index contributed by atoms with van der Waals surface area (Å²) in [6, 6.07) is 7.32. The smallest absolute Gasteiger partial charge is 0.413 e. The fourth-order valence-electron chi connectivity index (χ4n) is 3.73. The molecule has 1 aromatic carbocycles. The number of benzene rings is 1. The molecule has 9 nitrogen and oxygen atoms in total. The average molecular weight is 521 g/mol. The van der Waals surface area contributed by atoms with Crippen molar-refractivity contribution in [2.24, 2.45) is 5.92 Å². The molecule has 0 saturated carbocycles. The number of hydrogen-bond donors (Lipinski definition) is 1. The van der Waals surface area contributed by atoms with E-state index in [2.05, 4.69) is 24.3 Å². The van der Waals surface area contributed by atoms with Crippen LogP contribution in [-0.4, -0.2) is 58.3 Å². The van der Waals surface area contributed by atoms with Crippen molar-refractivity contribution in [3.8, 4) is 5.75 Å². The van der Waals surface area contributed by atoms with Gasteiger partial charge in [-0.25, -0.2) is 9.59 Å². The third kappa shape index (κ3) is 8.33. The topological polar surface area (TPSA) is 94.9 Å². The van der Waals surface area contributed by atoms with Crippen LogP contribution in [0.25, 0.3) is 0 Å². The number of aromatic nitrogens is 2. The Bertz CT molecular complexity index is 1060. The highest BCUT2D eigenvalue weighted by atomic mass is 35.5. The molecule has 1 aliphatic rings. The maximum Gasteiger partial charge on any atom is 0.413 e. The normalized spacial score (nSPS) is 14.6. The highest BCUT2D eigenvalue weighted by Gasteiger charge is 2.28. The molecular formula is C26H37ClN4O5. The molecule has 0 unspecified atom stereocenters. The third-order valence-corrected chi connectivity index (χ3v) is 5.73. The Labute approximate surface area is 218 Å². The number of nitrogens with zero attached hydrogens (tertiary/aromatic N) is 3. The first kappa shape index (κ1) is 27.6. The molecule has 2 heterocycles. The van der Waals surface area contributed by atoms with Crippen molar-refractivity contribution in [3.05, 3.63) is 40.5 Å². The maximum atomic E-state index is 12.5. The molecule has 1 aliphatic heterocycles. The zero-order chi connectivity index (χ0) is 26.5. The van der Waals surface area contributed by atoms with Crippen molar-refractivity contribution in [2.45, 2.75) is 72.6 Å². The number of likely N-dealkylation sites (tertiary alicyclic amines) is 1. The Balaban J connectivity index is 1.54. The molecule has 36 heavy (non-hydrogen) atoms. The number of hydrogen-bond acceptors (Lipinski definition) is 6. The number of ether oxygens (including phenoxy) is 3. The predicted octanol–water partition coefficient (Wildman–Crippen LogP) is 5.88. The summed E-state index contributed by atoms with van der Waals surface area (Å²) in [6.45, 7) is 13.6. The monoisotopic (exact) mass is 520 g/mol. The number of carbonyl (C=O) groups excluding carboxylic acids is 2. The summed E-state index contributed by atoms with van der Waals surface area (Å²) in [4.78, 5) is 26.3. The molecule has 0 spiro atoms. The first-order valence-corrected chi connectivity index (χ1v) is 12.7. The Kier molecular flexibility index (Phi) is 9.11. The van der Waals surface area contributed by atoms with E-state index in [1.54, 1.807) is 21.7 Å². The lowest BCUT2D eigenvalue weighted by atomic mass is 10.1. The van der Waals surface area contributed by atoms with Crippen LogP contribution in [0.1, 0.15) is 58.7 Å². The summed E-state index contributed by atoms with van der Waals surface area (Å²) in [5, 5.41) is 7.84. The zero-order valence-electron chi connectivity index (χ0n) is 22.0. The third-order valence-electron chi connectivity index (χ3n) is 5.49. The van der Waals surface area contributed by atoms with Crippen LogP contribution in [-0.2, 0) is 16.0 Å². The fourth-order valence-corrected chi connectivity index (χ4v) is 3.92. The van der Waals surface area contributed by atoms with E-state index in [1.165, 1.54) is 0 Å². The molecule has 0 atom stereocenters. The number of halogens is 1. The van der Waals surface area contributed by atoms with E-state index in [0.29, 0.717) is 55.8 Å². The summed E-state index contributed by atoms with van der Waals surface area (Å²) in [5.41, 5.74) is 1.23. The van der Waals surface area contributed by atoms with Gasteiger partial charge in [-0.3, -0.25) is 10.00 Å². The molecule has 2 amide bonds. The van der Waals surface area contributed by atoms with Gasteiger partial charge in [0, 0.05) is 48.3 Å². The Morgan fingerprint density at radius 2 is 1.89 bits per heavy atom. The van der Waals surface area contributed by atoms with Gasteiger partial charge in [-0.15, -0.1) is 0 Å². The van der Waals surface area contributed by atoms with Crippen molar-refractivity contribution >= 4 is 29.6 Å². The Morgan fingerprint density at radius 1 is 1.19 bits per heavy atom. The molecule has 0 bridgehead atoms. The van der Waals surface area contributed by atoms with E-state index >= 15 is 0 Å². The van der Waals surface area contributed by atoms with Gasteiger partial charge < -0.3 is 19.1 Å². The van der Waals surface area contributed by atoms with Crippen LogP contribution in [0.15, 0.2) is 24.3 Å². The molecule has 1 fully saturated rings. The number of rotatable bonds is 7. The minimum Gasteiger partial charge on any atom is -0.493 e. The highest BCUT2D eigenvalue weighted by molar-refractivity contribution is 6.30. The zero-order valence-corrected chi connectivity index (χ0v) is 22.7. The van der Waals surface area contributed by atoms with Crippen LogP contribution >= 0.6 is 11.6 Å². The van der Waals surface area contributed by atoms with Gasteiger partial charge in [-0.05, 0) is 51.8 Å². The lowest BCUT2D eigenvalue weighted by Crippen LogP contribution is -2.44. The van der Waals surface area contributed by atoms with Gasteiger partial charge in [0.25, 0.3) is 0 Å². The van der Waals surface area contributed by atoms with Crippen LogP contribution in [0, 0.1) is 12.8 Å². The molecule has 0 aliphatic carbocycles. The summed E-state index contributed by atoms with van der Waals surface area (Å²) in [7, 11) is 0. The summed E-state index contributed by atoms with van der Waals surface area (Å²) >= 11 is 6.22. The van der Waals surface area contributed by atoms with Crippen LogP contribution in [0.5, 0.6) is 5.75 Å². The van der Waals surface area contributed by atoms with Crippen molar-refractivity contribution in [2.75, 3.05) is 25.0 Å². The fraction of sp³-hybridized carbons (Fsp3) is 0.577. The van der Waals surface area contributed by atoms with Crippen LogP contribution in [0.3, 0.4) is 0 Å². The first-order valence-electron chi connectivity index (χ1n) is 12.3. The van der Waals surface area contributed by atoms with Gasteiger partial charge in [0.15, 0.2) is 5.82 Å². The first-order chi connectivity index (χ1) is 16.9. The quantitative estimate of drug-likeness (QED) is 0.490. The van der Waals surface area contributed by atoms with Crippen molar-refractivity contribution < 1.29 is 23.8 Å². The minimum atomic E-state index is -0.570. The van der Waals surface area contributed by atoms with E-state index in [0.717, 1.165) is 17.0 Å². The van der Waals surface area contributed by atoms with E-state index in [9.17, 15) is 9.59 Å². The number of amides is 2. The van der Waals surface area contributed by atoms with Gasteiger partial charge in [0.2, 0.25) is 0 Å². The average Bonchev–Trinajstić information content (AvgIpc) is 3.10. The summed E-state index contributed by atoms with van der Waals surface area (Å²) in [5.74, 6) is 1.55. The molecule has 1 aromatic heterocycles.